The molecule has 142 valence electrons. The molecule has 0 fully saturated rings. The fourth-order valence-electron chi connectivity index (χ4n) is 2.87. The van der Waals surface area contributed by atoms with Crippen LogP contribution in [0.15, 0.2) is 54.6 Å². The average molecular weight is 376 g/mol. The molecule has 2 aromatic carbocycles. The number of benzene rings is 2. The Hall–Kier alpha value is -1.88. The van der Waals surface area contributed by atoms with Gasteiger partial charge in [-0.1, -0.05) is 54.6 Å². The molecule has 2 aromatic rings. The number of carbonyl (C=O) groups excluding carboxylic acids is 1. The lowest BCUT2D eigenvalue weighted by molar-refractivity contribution is -0.122. The minimum absolute atomic E-state index is 0. The molecule has 0 saturated carbocycles. The van der Waals surface area contributed by atoms with Crippen molar-refractivity contribution in [2.75, 3.05) is 32.7 Å². The largest absolute Gasteiger partial charge is 0.355 e. The van der Waals surface area contributed by atoms with Gasteiger partial charge >= 0.3 is 0 Å². The van der Waals surface area contributed by atoms with Crippen molar-refractivity contribution in [1.29, 1.82) is 0 Å². The van der Waals surface area contributed by atoms with Crippen molar-refractivity contribution >= 4 is 18.3 Å². The van der Waals surface area contributed by atoms with Gasteiger partial charge in [-0.2, -0.15) is 0 Å². The molecule has 0 aliphatic rings. The van der Waals surface area contributed by atoms with Crippen molar-refractivity contribution in [2.45, 2.75) is 19.8 Å². The Kier molecular flexibility index (Phi) is 10.6. The second-order valence-corrected chi connectivity index (χ2v) is 6.33. The first kappa shape index (κ1) is 22.2. The Labute approximate surface area is 163 Å². The first-order chi connectivity index (χ1) is 12.2. The monoisotopic (exact) mass is 375 g/mol. The first-order valence-electron chi connectivity index (χ1n) is 8.96. The predicted molar refractivity (Wildman–Crippen MR) is 111 cm³/mol. The predicted octanol–water partition coefficient (Wildman–Crippen LogP) is 2.58. The van der Waals surface area contributed by atoms with Crippen LogP contribution in [0.3, 0.4) is 0 Å². The van der Waals surface area contributed by atoms with Gasteiger partial charge in [0.05, 0.1) is 6.54 Å². The van der Waals surface area contributed by atoms with E-state index in [-0.39, 0.29) is 18.3 Å². The van der Waals surface area contributed by atoms with Gasteiger partial charge in [0, 0.05) is 26.2 Å². The van der Waals surface area contributed by atoms with Crippen LogP contribution in [-0.2, 0) is 17.6 Å². The Balaban J connectivity index is 0.00000338. The molecule has 0 atom stereocenters. The van der Waals surface area contributed by atoms with Crippen molar-refractivity contribution in [3.8, 4) is 0 Å². The molecule has 0 heterocycles. The standard InChI is InChI=1S/C21H29N3O.ClH/c1-18-7-5-6-10-20(18)11-14-23-21(25)17-24(16-13-22)15-12-19-8-3-2-4-9-19;/h2-10H,11-17,22H2,1H3,(H,23,25);1H. The summed E-state index contributed by atoms with van der Waals surface area (Å²) in [5, 5.41) is 3.02. The van der Waals surface area contributed by atoms with E-state index in [2.05, 4.69) is 41.4 Å². The zero-order chi connectivity index (χ0) is 17.9. The van der Waals surface area contributed by atoms with Crippen LogP contribution in [0, 0.1) is 6.92 Å². The van der Waals surface area contributed by atoms with Crippen LogP contribution in [0.2, 0.25) is 0 Å². The molecular formula is C21H30ClN3O. The van der Waals surface area contributed by atoms with Crippen LogP contribution < -0.4 is 11.1 Å². The molecule has 0 radical (unpaired) electrons. The third kappa shape index (κ3) is 8.00. The molecular weight excluding hydrogens is 346 g/mol. The topological polar surface area (TPSA) is 58.4 Å². The molecule has 0 saturated heterocycles. The molecule has 0 aliphatic carbocycles. The van der Waals surface area contributed by atoms with E-state index in [0.717, 1.165) is 25.9 Å². The highest BCUT2D eigenvalue weighted by Crippen LogP contribution is 2.07. The zero-order valence-electron chi connectivity index (χ0n) is 15.5. The highest BCUT2D eigenvalue weighted by atomic mass is 35.5. The fraction of sp³-hybridized carbons (Fsp3) is 0.381. The molecule has 2 rings (SSSR count). The molecule has 1 amide bonds. The van der Waals surface area contributed by atoms with E-state index >= 15 is 0 Å². The van der Waals surface area contributed by atoms with Gasteiger partial charge in [0.15, 0.2) is 0 Å². The van der Waals surface area contributed by atoms with Crippen LogP contribution in [0.25, 0.3) is 0 Å². The lowest BCUT2D eigenvalue weighted by atomic mass is 10.1. The lowest BCUT2D eigenvalue weighted by Gasteiger charge is -2.21. The Morgan fingerprint density at radius 2 is 1.69 bits per heavy atom. The van der Waals surface area contributed by atoms with Crippen molar-refractivity contribution < 1.29 is 4.79 Å². The second-order valence-electron chi connectivity index (χ2n) is 6.33. The summed E-state index contributed by atoms with van der Waals surface area (Å²) < 4.78 is 0. The first-order valence-corrected chi connectivity index (χ1v) is 8.96. The number of nitrogens with one attached hydrogen (secondary N) is 1. The van der Waals surface area contributed by atoms with Gasteiger partial charge in [-0.25, -0.2) is 0 Å². The SMILES string of the molecule is Cc1ccccc1CCNC(=O)CN(CCN)CCc1ccccc1.Cl. The number of halogens is 1. The van der Waals surface area contributed by atoms with E-state index in [1.54, 1.807) is 0 Å². The van der Waals surface area contributed by atoms with Gasteiger partial charge in [-0.15, -0.1) is 12.4 Å². The van der Waals surface area contributed by atoms with E-state index in [1.807, 2.05) is 30.3 Å². The molecule has 0 unspecified atom stereocenters. The minimum Gasteiger partial charge on any atom is -0.355 e. The Morgan fingerprint density at radius 1 is 1.00 bits per heavy atom. The van der Waals surface area contributed by atoms with Gasteiger partial charge < -0.3 is 11.1 Å². The highest BCUT2D eigenvalue weighted by molar-refractivity contribution is 5.85. The van der Waals surface area contributed by atoms with Gasteiger partial charge in [-0.3, -0.25) is 9.69 Å². The van der Waals surface area contributed by atoms with Crippen LogP contribution in [0.4, 0.5) is 0 Å². The summed E-state index contributed by atoms with van der Waals surface area (Å²) in [5.74, 6) is 0.0649. The van der Waals surface area contributed by atoms with Crippen molar-refractivity contribution in [1.82, 2.24) is 10.2 Å². The van der Waals surface area contributed by atoms with Crippen LogP contribution in [-0.4, -0.2) is 43.5 Å². The molecule has 0 bridgehead atoms. The van der Waals surface area contributed by atoms with Crippen molar-refractivity contribution in [2.24, 2.45) is 5.73 Å². The number of nitrogens with two attached hydrogens (primary N) is 1. The summed E-state index contributed by atoms with van der Waals surface area (Å²) in [6.07, 6.45) is 1.79. The number of hydrogen-bond acceptors (Lipinski definition) is 3. The van der Waals surface area contributed by atoms with Gasteiger partial charge in [0.25, 0.3) is 0 Å². The van der Waals surface area contributed by atoms with Crippen LogP contribution in [0.1, 0.15) is 16.7 Å². The number of aryl methyl sites for hydroxylation is 1. The maximum atomic E-state index is 12.2. The Morgan fingerprint density at radius 3 is 2.38 bits per heavy atom. The Bertz CT molecular complexity index is 649. The summed E-state index contributed by atoms with van der Waals surface area (Å²) in [4.78, 5) is 14.3. The summed E-state index contributed by atoms with van der Waals surface area (Å²) >= 11 is 0. The zero-order valence-corrected chi connectivity index (χ0v) is 16.3. The van der Waals surface area contributed by atoms with Gasteiger partial charge in [-0.05, 0) is 36.5 Å². The number of hydrogen-bond donors (Lipinski definition) is 2. The molecule has 4 nitrogen and oxygen atoms in total. The number of amides is 1. The van der Waals surface area contributed by atoms with E-state index in [1.165, 1.54) is 16.7 Å². The van der Waals surface area contributed by atoms with Gasteiger partial charge in [0.2, 0.25) is 5.91 Å². The average Bonchev–Trinajstić information content (AvgIpc) is 2.62. The summed E-state index contributed by atoms with van der Waals surface area (Å²) in [7, 11) is 0. The minimum atomic E-state index is 0. The molecule has 3 N–H and O–H groups in total. The van der Waals surface area contributed by atoms with E-state index in [9.17, 15) is 4.79 Å². The molecule has 0 aromatic heterocycles. The normalized spacial score (nSPS) is 10.4. The van der Waals surface area contributed by atoms with Gasteiger partial charge in [0.1, 0.15) is 0 Å². The molecule has 5 heteroatoms. The third-order valence-electron chi connectivity index (χ3n) is 4.35. The molecule has 0 aliphatic heterocycles. The highest BCUT2D eigenvalue weighted by Gasteiger charge is 2.10. The number of carbonyl (C=O) groups is 1. The van der Waals surface area contributed by atoms with Crippen LogP contribution >= 0.6 is 12.4 Å². The van der Waals surface area contributed by atoms with Crippen molar-refractivity contribution in [3.63, 3.8) is 0 Å². The molecule has 26 heavy (non-hydrogen) atoms. The maximum absolute atomic E-state index is 12.2. The summed E-state index contributed by atoms with van der Waals surface area (Å²) in [5.41, 5.74) is 9.53. The number of rotatable bonds is 10. The fourth-order valence-corrected chi connectivity index (χ4v) is 2.87. The lowest BCUT2D eigenvalue weighted by Crippen LogP contribution is -2.41. The molecule has 0 spiro atoms. The summed E-state index contributed by atoms with van der Waals surface area (Å²) in [6.45, 7) is 5.30. The van der Waals surface area contributed by atoms with Crippen molar-refractivity contribution in [3.05, 3.63) is 71.3 Å². The maximum Gasteiger partial charge on any atom is 0.234 e. The summed E-state index contributed by atoms with van der Waals surface area (Å²) in [6, 6.07) is 18.6. The van der Waals surface area contributed by atoms with E-state index < -0.39 is 0 Å². The second kappa shape index (κ2) is 12.5. The van der Waals surface area contributed by atoms with E-state index in [0.29, 0.717) is 19.6 Å². The third-order valence-corrected chi connectivity index (χ3v) is 4.35. The quantitative estimate of drug-likeness (QED) is 0.671. The number of nitrogens with zero attached hydrogens (tertiary/aromatic N) is 1. The smallest absolute Gasteiger partial charge is 0.234 e. The van der Waals surface area contributed by atoms with E-state index in [4.69, 9.17) is 5.73 Å². The van der Waals surface area contributed by atoms with Crippen LogP contribution in [0.5, 0.6) is 0 Å².